The Morgan fingerprint density at radius 2 is 2.33 bits per heavy atom. The van der Waals surface area contributed by atoms with Crippen LogP contribution >= 0.6 is 11.6 Å². The van der Waals surface area contributed by atoms with Crippen LogP contribution in [0.25, 0.3) is 0 Å². The maximum absolute atomic E-state index is 9.97. The van der Waals surface area contributed by atoms with Crippen molar-refractivity contribution in [2.75, 3.05) is 0 Å². The molecule has 0 bridgehead atoms. The first kappa shape index (κ1) is 8.54. The fraction of sp³-hybridized carbons (Fsp3) is 0. The molecule has 0 saturated carbocycles. The van der Waals surface area contributed by atoms with Crippen molar-refractivity contribution in [1.82, 2.24) is 9.97 Å². The van der Waals surface area contributed by atoms with Gasteiger partial charge in [0.05, 0.1) is 6.20 Å². The lowest BCUT2D eigenvalue weighted by atomic mass is 10.7. The summed E-state index contributed by atoms with van der Waals surface area (Å²) in [7, 11) is 0. The van der Waals surface area contributed by atoms with Crippen molar-refractivity contribution >= 4 is 17.8 Å². The summed E-state index contributed by atoms with van der Waals surface area (Å²) in [4.78, 5) is 16.6. The zero-order valence-electron chi connectivity index (χ0n) is 5.56. The third kappa shape index (κ3) is 1.96. The van der Waals surface area contributed by atoms with Crippen molar-refractivity contribution in [1.29, 1.82) is 0 Å². The Morgan fingerprint density at radius 3 is 2.83 bits per heavy atom. The third-order valence-corrected chi connectivity index (χ3v) is 1.06. The van der Waals surface area contributed by atoms with E-state index in [-0.39, 0.29) is 5.15 Å². The van der Waals surface area contributed by atoms with Gasteiger partial charge in [-0.1, -0.05) is 11.6 Å². The Bertz CT molecular complexity index is 316. The zero-order valence-corrected chi connectivity index (χ0v) is 6.32. The van der Waals surface area contributed by atoms with Gasteiger partial charge in [-0.05, 0) is 0 Å². The summed E-state index contributed by atoms with van der Waals surface area (Å²) in [6.45, 7) is 0. The van der Waals surface area contributed by atoms with E-state index in [1.54, 1.807) is 0 Å². The van der Waals surface area contributed by atoms with Gasteiger partial charge in [0.25, 0.3) is 11.8 Å². The van der Waals surface area contributed by atoms with E-state index in [4.69, 9.17) is 21.8 Å². The summed E-state index contributed by atoms with van der Waals surface area (Å²) in [5, 5.41) is 17.0. The van der Waals surface area contributed by atoms with Gasteiger partial charge in [0.15, 0.2) is 5.15 Å². The fourth-order valence-electron chi connectivity index (χ4n) is 0.502. The van der Waals surface area contributed by atoms with Gasteiger partial charge < -0.3 is 14.9 Å². The maximum atomic E-state index is 9.97. The molecule has 1 heterocycles. The Balaban J connectivity index is 2.93. The Kier molecular flexibility index (Phi) is 2.29. The van der Waals surface area contributed by atoms with E-state index in [9.17, 15) is 4.79 Å². The maximum Gasteiger partial charge on any atom is 0.512 e. The molecule has 2 N–H and O–H groups in total. The molecule has 1 rings (SSSR count). The second-order valence-corrected chi connectivity index (χ2v) is 2.08. The van der Waals surface area contributed by atoms with Gasteiger partial charge in [0.2, 0.25) is 0 Å². The third-order valence-electron chi connectivity index (χ3n) is 0.876. The highest BCUT2D eigenvalue weighted by molar-refractivity contribution is 6.29. The second-order valence-electron chi connectivity index (χ2n) is 1.69. The first-order valence-electron chi connectivity index (χ1n) is 2.72. The van der Waals surface area contributed by atoms with Crippen LogP contribution < -0.4 is 4.74 Å². The number of carboxylic acid groups (broad SMARTS) is 1. The molecular weight excluding hydrogens is 188 g/mol. The molecule has 1 aromatic rings. The van der Waals surface area contributed by atoms with Crippen molar-refractivity contribution in [3.05, 3.63) is 11.3 Å². The summed E-state index contributed by atoms with van der Waals surface area (Å²) in [5.41, 5.74) is 0. The summed E-state index contributed by atoms with van der Waals surface area (Å²) >= 11 is 5.32. The second kappa shape index (κ2) is 3.22. The number of nitrogens with zero attached hydrogens (tertiary/aromatic N) is 2. The Labute approximate surface area is 71.4 Å². The predicted molar refractivity (Wildman–Crippen MR) is 37.4 cm³/mol. The van der Waals surface area contributed by atoms with Crippen molar-refractivity contribution in [2.45, 2.75) is 0 Å². The molecule has 0 aliphatic heterocycles. The van der Waals surface area contributed by atoms with E-state index in [2.05, 4.69) is 14.7 Å². The highest BCUT2D eigenvalue weighted by Gasteiger charge is 2.09. The molecule has 0 aliphatic rings. The highest BCUT2D eigenvalue weighted by atomic mass is 35.5. The number of carbonyl (C=O) groups is 1. The van der Waals surface area contributed by atoms with E-state index < -0.39 is 17.9 Å². The number of halogens is 1. The van der Waals surface area contributed by atoms with Crippen LogP contribution in [0, 0.1) is 0 Å². The summed E-state index contributed by atoms with van der Waals surface area (Å²) in [6.07, 6.45) is -0.526. The average molecular weight is 191 g/mol. The fourth-order valence-corrected chi connectivity index (χ4v) is 0.631. The van der Waals surface area contributed by atoms with Crippen LogP contribution in [0.15, 0.2) is 6.20 Å². The van der Waals surface area contributed by atoms with Gasteiger partial charge in [-0.2, -0.15) is 4.98 Å². The molecule has 0 fully saturated rings. The number of rotatable bonds is 1. The van der Waals surface area contributed by atoms with Gasteiger partial charge in [0.1, 0.15) is 0 Å². The number of hydrogen-bond donors (Lipinski definition) is 2. The molecule has 0 atom stereocenters. The molecule has 0 amide bonds. The topological polar surface area (TPSA) is 92.5 Å². The van der Waals surface area contributed by atoms with Crippen molar-refractivity contribution in [3.8, 4) is 11.8 Å². The lowest BCUT2D eigenvalue weighted by Gasteiger charge is -1.99. The summed E-state index contributed by atoms with van der Waals surface area (Å²) in [5.74, 6) is -1.16. The number of hydrogen-bond acceptors (Lipinski definition) is 5. The monoisotopic (exact) mass is 190 g/mol. The van der Waals surface area contributed by atoms with E-state index >= 15 is 0 Å². The molecule has 0 spiro atoms. The lowest BCUT2D eigenvalue weighted by Crippen LogP contribution is -2.05. The van der Waals surface area contributed by atoms with Crippen molar-refractivity contribution in [3.63, 3.8) is 0 Å². The molecule has 12 heavy (non-hydrogen) atoms. The van der Waals surface area contributed by atoms with Crippen molar-refractivity contribution < 1.29 is 19.7 Å². The molecule has 1 aromatic heterocycles. The molecule has 0 aliphatic carbocycles. The standard InChI is InChI=1S/C5H3ClN2O4/c6-2-1-7-4(3(9)8-2)12-5(10)11/h1H,(H,8,9)(H,10,11). The summed E-state index contributed by atoms with van der Waals surface area (Å²) in [6, 6.07) is 0. The minimum atomic E-state index is -1.58. The zero-order chi connectivity index (χ0) is 9.14. The lowest BCUT2D eigenvalue weighted by molar-refractivity contribution is 0.140. The van der Waals surface area contributed by atoms with Crippen LogP contribution in [0.2, 0.25) is 5.15 Å². The molecule has 64 valence electrons. The largest absolute Gasteiger partial charge is 0.512 e. The van der Waals surface area contributed by atoms with Gasteiger partial charge >= 0.3 is 6.16 Å². The molecule has 6 nitrogen and oxygen atoms in total. The quantitative estimate of drug-likeness (QED) is 0.639. The van der Waals surface area contributed by atoms with Crippen LogP contribution in [0.5, 0.6) is 11.8 Å². The normalized spacial score (nSPS) is 9.42. The molecule has 0 aromatic carbocycles. The van der Waals surface area contributed by atoms with E-state index in [0.717, 1.165) is 6.20 Å². The van der Waals surface area contributed by atoms with Gasteiger partial charge in [-0.15, -0.1) is 0 Å². The van der Waals surface area contributed by atoms with Crippen LogP contribution in [-0.4, -0.2) is 26.3 Å². The van der Waals surface area contributed by atoms with Gasteiger partial charge in [0, 0.05) is 0 Å². The molecule has 0 saturated heterocycles. The first-order valence-corrected chi connectivity index (χ1v) is 3.09. The molecule has 0 unspecified atom stereocenters. The Hall–Kier alpha value is -1.56. The smallest absolute Gasteiger partial charge is 0.489 e. The van der Waals surface area contributed by atoms with Gasteiger partial charge in [-0.3, -0.25) is 0 Å². The molecule has 7 heteroatoms. The summed E-state index contributed by atoms with van der Waals surface area (Å²) < 4.78 is 4.03. The first-order chi connectivity index (χ1) is 5.59. The predicted octanol–water partition coefficient (Wildman–Crippen LogP) is 0.892. The van der Waals surface area contributed by atoms with Crippen LogP contribution in [-0.2, 0) is 0 Å². The average Bonchev–Trinajstić information content (AvgIpc) is 1.94. The number of aromatic nitrogens is 2. The highest BCUT2D eigenvalue weighted by Crippen LogP contribution is 2.21. The van der Waals surface area contributed by atoms with Crippen LogP contribution in [0.1, 0.15) is 0 Å². The molecular formula is C5H3ClN2O4. The van der Waals surface area contributed by atoms with Crippen LogP contribution in [0.4, 0.5) is 4.79 Å². The minimum Gasteiger partial charge on any atom is -0.489 e. The molecule has 0 radical (unpaired) electrons. The Morgan fingerprint density at radius 1 is 1.67 bits per heavy atom. The minimum absolute atomic E-state index is 0.0507. The van der Waals surface area contributed by atoms with E-state index in [0.29, 0.717) is 0 Å². The number of ether oxygens (including phenoxy) is 1. The van der Waals surface area contributed by atoms with Crippen molar-refractivity contribution in [2.24, 2.45) is 0 Å². The van der Waals surface area contributed by atoms with Crippen LogP contribution in [0.3, 0.4) is 0 Å². The van der Waals surface area contributed by atoms with E-state index in [1.165, 1.54) is 0 Å². The van der Waals surface area contributed by atoms with E-state index in [1.807, 2.05) is 0 Å². The number of aromatic hydroxyl groups is 1. The van der Waals surface area contributed by atoms with Gasteiger partial charge in [-0.25, -0.2) is 9.78 Å². The SMILES string of the molecule is O=C(O)Oc1ncc(Cl)nc1O.